The summed E-state index contributed by atoms with van der Waals surface area (Å²) in [4.78, 5) is 14.3. The largest absolute Gasteiger partial charge is 0.480 e. The van der Waals surface area contributed by atoms with Crippen LogP contribution in [0, 0.1) is 5.92 Å². The minimum absolute atomic E-state index is 0.191. The molecule has 120 valence electrons. The normalized spacial score (nSPS) is 29.9. The van der Waals surface area contributed by atoms with Gasteiger partial charge in [-0.25, -0.2) is 0 Å². The molecular weight excluding hydrogens is 267 g/mol. The van der Waals surface area contributed by atoms with E-state index in [4.69, 9.17) is 0 Å². The third kappa shape index (κ3) is 4.21. The van der Waals surface area contributed by atoms with Gasteiger partial charge in [-0.05, 0) is 64.0 Å². The minimum Gasteiger partial charge on any atom is -0.480 e. The Kier molecular flexibility index (Phi) is 6.08. The molecule has 6 heteroatoms. The van der Waals surface area contributed by atoms with E-state index in [9.17, 15) is 14.9 Å². The zero-order valence-corrected chi connectivity index (χ0v) is 13.2. The molecule has 2 unspecified atom stereocenters. The average molecular weight is 296 g/mol. The number of rotatable bonds is 8. The molecule has 3 N–H and O–H groups in total. The lowest BCUT2D eigenvalue weighted by Gasteiger charge is -2.33. The summed E-state index contributed by atoms with van der Waals surface area (Å²) in [6.45, 7) is 5.41. The highest BCUT2D eigenvalue weighted by Gasteiger charge is 2.48. The predicted octanol–water partition coefficient (Wildman–Crippen LogP) is 1.30. The van der Waals surface area contributed by atoms with Crippen LogP contribution >= 0.6 is 0 Å². The Morgan fingerprint density at radius 2 is 2.14 bits per heavy atom. The van der Waals surface area contributed by atoms with Crippen molar-refractivity contribution >= 4 is 12.9 Å². The summed E-state index contributed by atoms with van der Waals surface area (Å²) in [5.41, 5.74) is -0.749. The molecule has 0 aromatic carbocycles. The molecule has 0 saturated carbocycles. The number of hydrogen-bond acceptors (Lipinski definition) is 4. The van der Waals surface area contributed by atoms with Gasteiger partial charge in [0.25, 0.3) is 6.92 Å². The first-order valence-corrected chi connectivity index (χ1v) is 8.43. The summed E-state index contributed by atoms with van der Waals surface area (Å²) in [6, 6.07) is 0. The minimum atomic E-state index is -0.749. The monoisotopic (exact) mass is 296 g/mol. The first-order valence-electron chi connectivity index (χ1n) is 8.43. The van der Waals surface area contributed by atoms with E-state index in [-0.39, 0.29) is 12.8 Å². The summed E-state index contributed by atoms with van der Waals surface area (Å²) in [5.74, 6) is -0.502. The van der Waals surface area contributed by atoms with Crippen molar-refractivity contribution < 1.29 is 14.9 Å². The summed E-state index contributed by atoms with van der Waals surface area (Å²) < 4.78 is 0. The van der Waals surface area contributed by atoms with Gasteiger partial charge in [0.15, 0.2) is 0 Å². The molecule has 2 heterocycles. The molecule has 0 bridgehead atoms. The molecule has 0 radical (unpaired) electrons. The van der Waals surface area contributed by atoms with Crippen LogP contribution in [0.3, 0.4) is 0 Å². The van der Waals surface area contributed by atoms with Crippen LogP contribution in [0.15, 0.2) is 0 Å². The number of carbonyl (C=O) groups is 1. The molecule has 2 fully saturated rings. The van der Waals surface area contributed by atoms with Gasteiger partial charge in [0.05, 0.1) is 0 Å². The number of nitrogens with one attached hydrogen (secondary N) is 1. The molecule has 2 aliphatic heterocycles. The number of carboxylic acid groups (broad SMARTS) is 1. The molecule has 5 nitrogen and oxygen atoms in total. The van der Waals surface area contributed by atoms with Gasteiger partial charge in [0.2, 0.25) is 0 Å². The Labute approximate surface area is 128 Å². The van der Waals surface area contributed by atoms with E-state index in [1.165, 1.54) is 12.8 Å². The van der Waals surface area contributed by atoms with Crippen LogP contribution in [0.1, 0.15) is 38.5 Å². The Morgan fingerprint density at radius 3 is 2.76 bits per heavy atom. The molecule has 0 aliphatic carbocycles. The van der Waals surface area contributed by atoms with Gasteiger partial charge < -0.3 is 20.3 Å². The van der Waals surface area contributed by atoms with Gasteiger partial charge in [-0.3, -0.25) is 4.79 Å². The van der Waals surface area contributed by atoms with Crippen molar-refractivity contribution in [2.24, 2.45) is 5.92 Å². The third-order valence-corrected chi connectivity index (χ3v) is 5.21. The summed E-state index contributed by atoms with van der Waals surface area (Å²) in [7, 11) is 0. The fourth-order valence-corrected chi connectivity index (χ4v) is 3.90. The molecule has 2 saturated heterocycles. The zero-order valence-electron chi connectivity index (χ0n) is 13.2. The van der Waals surface area contributed by atoms with Crippen molar-refractivity contribution in [3.05, 3.63) is 0 Å². The highest BCUT2D eigenvalue weighted by atomic mass is 16.4. The maximum atomic E-state index is 11.9. The van der Waals surface area contributed by atoms with E-state index in [2.05, 4.69) is 10.2 Å². The van der Waals surface area contributed by atoms with Crippen molar-refractivity contribution in [2.75, 3.05) is 26.2 Å². The third-order valence-electron chi connectivity index (χ3n) is 5.21. The van der Waals surface area contributed by atoms with Crippen LogP contribution in [0.25, 0.3) is 0 Å². The maximum Gasteiger partial charge on any atom is 0.324 e. The van der Waals surface area contributed by atoms with E-state index >= 15 is 0 Å². The molecule has 2 rings (SSSR count). The fourth-order valence-electron chi connectivity index (χ4n) is 3.90. The highest BCUT2D eigenvalue weighted by Crippen LogP contribution is 2.35. The molecule has 2 atom stereocenters. The molecule has 21 heavy (non-hydrogen) atoms. The Balaban J connectivity index is 1.92. The Bertz CT molecular complexity index is 348. The number of carboxylic acids is 1. The average Bonchev–Trinajstić information content (AvgIpc) is 3.05. The first-order chi connectivity index (χ1) is 10.0. The van der Waals surface area contributed by atoms with E-state index in [0.29, 0.717) is 6.42 Å². The number of hydrogen-bond donors (Lipinski definition) is 3. The highest BCUT2D eigenvalue weighted by molar-refractivity contribution is 6.48. The van der Waals surface area contributed by atoms with Gasteiger partial charge in [-0.1, -0.05) is 13.2 Å². The van der Waals surface area contributed by atoms with E-state index < -0.39 is 11.5 Å². The zero-order chi connectivity index (χ0) is 15.3. The lowest BCUT2D eigenvalue weighted by molar-refractivity contribution is -0.146. The van der Waals surface area contributed by atoms with E-state index in [0.717, 1.165) is 51.8 Å². The van der Waals surface area contributed by atoms with Crippen molar-refractivity contribution in [1.82, 2.24) is 10.2 Å². The fraction of sp³-hybridized carbons (Fsp3) is 0.933. The van der Waals surface area contributed by atoms with Crippen LogP contribution < -0.4 is 5.32 Å². The molecule has 0 spiro atoms. The Morgan fingerprint density at radius 1 is 1.43 bits per heavy atom. The SMILES string of the molecule is CB(O)CCCC1CCNC1(CCN1CCCC1)C(=O)O. The van der Waals surface area contributed by atoms with Gasteiger partial charge in [0, 0.05) is 6.54 Å². The van der Waals surface area contributed by atoms with Crippen molar-refractivity contribution in [3.8, 4) is 0 Å². The smallest absolute Gasteiger partial charge is 0.324 e. The summed E-state index contributed by atoms with van der Waals surface area (Å²) >= 11 is 0. The maximum absolute atomic E-state index is 11.9. The van der Waals surface area contributed by atoms with Crippen LogP contribution in [0.4, 0.5) is 0 Å². The summed E-state index contributed by atoms with van der Waals surface area (Å²) in [5, 5.41) is 22.5. The predicted molar refractivity (Wildman–Crippen MR) is 84.6 cm³/mol. The topological polar surface area (TPSA) is 72.8 Å². The van der Waals surface area contributed by atoms with Crippen molar-refractivity contribution in [1.29, 1.82) is 0 Å². The summed E-state index contributed by atoms with van der Waals surface area (Å²) in [6.07, 6.45) is 6.68. The van der Waals surface area contributed by atoms with Crippen LogP contribution in [0.2, 0.25) is 13.1 Å². The molecule has 0 aromatic heterocycles. The van der Waals surface area contributed by atoms with Crippen molar-refractivity contribution in [3.63, 3.8) is 0 Å². The second-order valence-corrected chi connectivity index (χ2v) is 6.77. The van der Waals surface area contributed by atoms with E-state index in [1.807, 2.05) is 0 Å². The first kappa shape index (κ1) is 16.8. The van der Waals surface area contributed by atoms with Gasteiger partial charge in [0.1, 0.15) is 5.54 Å². The lowest BCUT2D eigenvalue weighted by atomic mass is 9.66. The lowest BCUT2D eigenvalue weighted by Crippen LogP contribution is -2.53. The number of aliphatic carboxylic acids is 1. The van der Waals surface area contributed by atoms with Crippen LogP contribution in [-0.2, 0) is 4.79 Å². The molecule has 0 amide bonds. The van der Waals surface area contributed by atoms with Crippen molar-refractivity contribution in [2.45, 2.75) is 57.2 Å². The number of nitrogens with zero attached hydrogens (tertiary/aromatic N) is 1. The molecular formula is C15H29BN2O3. The van der Waals surface area contributed by atoms with Gasteiger partial charge in [-0.2, -0.15) is 0 Å². The Hall–Kier alpha value is -0.585. The van der Waals surface area contributed by atoms with E-state index in [1.54, 1.807) is 6.82 Å². The quantitative estimate of drug-likeness (QED) is 0.589. The second kappa shape index (κ2) is 7.61. The van der Waals surface area contributed by atoms with Crippen LogP contribution in [0.5, 0.6) is 0 Å². The second-order valence-electron chi connectivity index (χ2n) is 6.77. The van der Waals surface area contributed by atoms with Crippen LogP contribution in [-0.4, -0.2) is 59.6 Å². The number of likely N-dealkylation sites (tertiary alicyclic amines) is 1. The van der Waals surface area contributed by atoms with Gasteiger partial charge >= 0.3 is 5.97 Å². The van der Waals surface area contributed by atoms with Gasteiger partial charge in [-0.15, -0.1) is 0 Å². The standard InChI is InChI=1S/C15H29BN2O3/c1-16(21)8-4-5-13-6-9-17-15(13,14(19)20)7-12-18-10-2-3-11-18/h13,17,21H,2-12H2,1H3,(H,19,20). The molecule has 0 aromatic rings. The molecule has 2 aliphatic rings.